The summed E-state index contributed by atoms with van der Waals surface area (Å²) in [4.78, 5) is 6.79. The maximum Gasteiger partial charge on any atom is 0.128 e. The predicted octanol–water partition coefficient (Wildman–Crippen LogP) is 2.48. The van der Waals surface area contributed by atoms with Crippen molar-refractivity contribution in [3.05, 3.63) is 23.9 Å². The lowest BCUT2D eigenvalue weighted by atomic mass is 10.1. The number of nitrogens with zero attached hydrogens (tertiary/aromatic N) is 2. The molecule has 1 saturated carbocycles. The molecule has 88 valence electrons. The van der Waals surface area contributed by atoms with Crippen LogP contribution < -0.4 is 10.6 Å². The Morgan fingerprint density at radius 2 is 2.06 bits per heavy atom. The number of hydrogen-bond acceptors (Lipinski definition) is 3. The van der Waals surface area contributed by atoms with Crippen LogP contribution in [0.15, 0.2) is 18.3 Å². The van der Waals surface area contributed by atoms with E-state index >= 15 is 0 Å². The topological polar surface area (TPSA) is 42.1 Å². The molecule has 0 aromatic carbocycles. The Labute approximate surface area is 97.7 Å². The fourth-order valence-electron chi connectivity index (χ4n) is 2.35. The van der Waals surface area contributed by atoms with Crippen LogP contribution in [0, 0.1) is 0 Å². The first kappa shape index (κ1) is 11.4. The molecule has 0 amide bonds. The van der Waals surface area contributed by atoms with E-state index in [0.717, 1.165) is 11.4 Å². The van der Waals surface area contributed by atoms with E-state index in [0.29, 0.717) is 6.04 Å². The number of aromatic nitrogens is 1. The molecule has 1 aromatic heterocycles. The van der Waals surface area contributed by atoms with Gasteiger partial charge >= 0.3 is 0 Å². The van der Waals surface area contributed by atoms with E-state index in [1.54, 1.807) is 0 Å². The van der Waals surface area contributed by atoms with Gasteiger partial charge < -0.3 is 10.6 Å². The molecule has 0 aliphatic heterocycles. The van der Waals surface area contributed by atoms with Crippen LogP contribution in [0.4, 0.5) is 5.82 Å². The molecule has 0 saturated heterocycles. The average Bonchev–Trinajstić information content (AvgIpc) is 2.81. The zero-order chi connectivity index (χ0) is 11.5. The number of pyridine rings is 1. The fraction of sp³-hybridized carbons (Fsp3) is 0.615. The lowest BCUT2D eigenvalue weighted by molar-refractivity contribution is 0.646. The van der Waals surface area contributed by atoms with Crippen molar-refractivity contribution in [3.8, 4) is 0 Å². The molecule has 2 N–H and O–H groups in total. The van der Waals surface area contributed by atoms with Crippen molar-refractivity contribution < 1.29 is 0 Å². The Morgan fingerprint density at radius 1 is 1.38 bits per heavy atom. The quantitative estimate of drug-likeness (QED) is 0.849. The van der Waals surface area contributed by atoms with Gasteiger partial charge in [0.2, 0.25) is 0 Å². The Balaban J connectivity index is 2.08. The van der Waals surface area contributed by atoms with Crippen LogP contribution >= 0.6 is 0 Å². The fourth-order valence-corrected chi connectivity index (χ4v) is 2.35. The van der Waals surface area contributed by atoms with Gasteiger partial charge in [-0.25, -0.2) is 4.98 Å². The number of hydrogen-bond donors (Lipinski definition) is 1. The second kappa shape index (κ2) is 4.83. The average molecular weight is 219 g/mol. The Morgan fingerprint density at radius 3 is 2.56 bits per heavy atom. The first-order valence-electron chi connectivity index (χ1n) is 6.13. The maximum atomic E-state index is 5.81. The second-order valence-corrected chi connectivity index (χ2v) is 4.79. The predicted molar refractivity (Wildman–Crippen MR) is 67.5 cm³/mol. The zero-order valence-electron chi connectivity index (χ0n) is 10.2. The van der Waals surface area contributed by atoms with E-state index in [2.05, 4.69) is 29.1 Å². The highest BCUT2D eigenvalue weighted by Crippen LogP contribution is 2.26. The normalized spacial score (nSPS) is 18.7. The van der Waals surface area contributed by atoms with Crippen LogP contribution in [-0.2, 0) is 0 Å². The first-order chi connectivity index (χ1) is 7.68. The van der Waals surface area contributed by atoms with Gasteiger partial charge in [0, 0.05) is 25.3 Å². The minimum absolute atomic E-state index is 0.0679. The molecule has 1 aromatic rings. The molecule has 3 nitrogen and oxygen atoms in total. The van der Waals surface area contributed by atoms with Crippen molar-refractivity contribution in [3.63, 3.8) is 0 Å². The lowest BCUT2D eigenvalue weighted by Gasteiger charge is -2.25. The van der Waals surface area contributed by atoms with E-state index < -0.39 is 0 Å². The zero-order valence-corrected chi connectivity index (χ0v) is 10.2. The minimum Gasteiger partial charge on any atom is -0.357 e. The summed E-state index contributed by atoms with van der Waals surface area (Å²) in [5.74, 6) is 1.07. The summed E-state index contributed by atoms with van der Waals surface area (Å²) >= 11 is 0. The molecule has 3 heteroatoms. The van der Waals surface area contributed by atoms with Crippen molar-refractivity contribution in [2.24, 2.45) is 5.73 Å². The summed E-state index contributed by atoms with van der Waals surface area (Å²) in [7, 11) is 2.14. The molecule has 1 aliphatic rings. The third kappa shape index (κ3) is 2.35. The molecule has 1 fully saturated rings. The van der Waals surface area contributed by atoms with Gasteiger partial charge in [-0.3, -0.25) is 0 Å². The highest BCUT2D eigenvalue weighted by atomic mass is 15.2. The van der Waals surface area contributed by atoms with Crippen molar-refractivity contribution in [1.29, 1.82) is 0 Å². The molecular weight excluding hydrogens is 198 g/mol. The van der Waals surface area contributed by atoms with Gasteiger partial charge in [-0.1, -0.05) is 18.9 Å². The van der Waals surface area contributed by atoms with Gasteiger partial charge in [0.1, 0.15) is 5.82 Å². The van der Waals surface area contributed by atoms with Gasteiger partial charge in [-0.05, 0) is 31.4 Å². The van der Waals surface area contributed by atoms with Gasteiger partial charge in [-0.15, -0.1) is 0 Å². The monoisotopic (exact) mass is 219 g/mol. The Kier molecular flexibility index (Phi) is 3.44. The van der Waals surface area contributed by atoms with Crippen LogP contribution in [0.5, 0.6) is 0 Å². The van der Waals surface area contributed by atoms with Gasteiger partial charge in [0.25, 0.3) is 0 Å². The maximum absolute atomic E-state index is 5.81. The highest BCUT2D eigenvalue weighted by molar-refractivity contribution is 5.40. The Hall–Kier alpha value is -1.09. The summed E-state index contributed by atoms with van der Waals surface area (Å²) < 4.78 is 0. The van der Waals surface area contributed by atoms with E-state index in [1.165, 1.54) is 25.7 Å². The summed E-state index contributed by atoms with van der Waals surface area (Å²) in [6, 6.07) is 4.90. The van der Waals surface area contributed by atoms with E-state index in [9.17, 15) is 0 Å². The molecule has 1 aliphatic carbocycles. The lowest BCUT2D eigenvalue weighted by Crippen LogP contribution is -2.29. The third-order valence-corrected chi connectivity index (χ3v) is 3.53. The summed E-state index contributed by atoms with van der Waals surface area (Å²) in [5.41, 5.74) is 6.91. The first-order valence-corrected chi connectivity index (χ1v) is 6.13. The number of anilines is 1. The van der Waals surface area contributed by atoms with Gasteiger partial charge in [0.05, 0.1) is 0 Å². The van der Waals surface area contributed by atoms with Crippen molar-refractivity contribution in [1.82, 2.24) is 4.98 Å². The van der Waals surface area contributed by atoms with Gasteiger partial charge in [0.15, 0.2) is 0 Å². The standard InChI is InChI=1S/C13H21N3/c1-10(14)11-7-8-13(15-9-11)16(2)12-5-3-4-6-12/h7-10,12H,3-6,14H2,1-2H3/t10-/m0/s1. The van der Waals surface area contributed by atoms with Gasteiger partial charge in [-0.2, -0.15) is 0 Å². The number of rotatable bonds is 3. The van der Waals surface area contributed by atoms with Crippen LogP contribution in [0.2, 0.25) is 0 Å². The van der Waals surface area contributed by atoms with E-state index in [1.807, 2.05) is 13.1 Å². The summed E-state index contributed by atoms with van der Waals surface area (Å²) in [5, 5.41) is 0. The molecule has 1 atom stereocenters. The molecule has 0 bridgehead atoms. The van der Waals surface area contributed by atoms with E-state index in [4.69, 9.17) is 5.73 Å². The molecule has 2 rings (SSSR count). The highest BCUT2D eigenvalue weighted by Gasteiger charge is 2.20. The molecule has 0 unspecified atom stereocenters. The van der Waals surface area contributed by atoms with Crippen LogP contribution in [0.1, 0.15) is 44.2 Å². The number of nitrogens with two attached hydrogens (primary N) is 1. The largest absolute Gasteiger partial charge is 0.357 e. The van der Waals surface area contributed by atoms with Crippen LogP contribution in [0.25, 0.3) is 0 Å². The Bertz CT molecular complexity index is 326. The molecule has 0 radical (unpaired) electrons. The van der Waals surface area contributed by atoms with Crippen molar-refractivity contribution >= 4 is 5.82 Å². The second-order valence-electron chi connectivity index (χ2n) is 4.79. The van der Waals surface area contributed by atoms with Crippen LogP contribution in [0.3, 0.4) is 0 Å². The van der Waals surface area contributed by atoms with Crippen LogP contribution in [-0.4, -0.2) is 18.1 Å². The summed E-state index contributed by atoms with van der Waals surface area (Å²) in [6.07, 6.45) is 7.20. The summed E-state index contributed by atoms with van der Waals surface area (Å²) in [6.45, 7) is 1.98. The SMILES string of the molecule is C[C@H](N)c1ccc(N(C)C2CCCC2)nc1. The molecular formula is C13H21N3. The van der Waals surface area contributed by atoms with E-state index in [-0.39, 0.29) is 6.04 Å². The van der Waals surface area contributed by atoms with Crippen molar-refractivity contribution in [2.75, 3.05) is 11.9 Å². The molecule has 0 spiro atoms. The third-order valence-electron chi connectivity index (χ3n) is 3.53. The molecule has 1 heterocycles. The molecule has 16 heavy (non-hydrogen) atoms. The van der Waals surface area contributed by atoms with Crippen molar-refractivity contribution in [2.45, 2.75) is 44.7 Å². The smallest absolute Gasteiger partial charge is 0.128 e. The minimum atomic E-state index is 0.0679.